The number of halogens is 1. The molecule has 1 aromatic carbocycles. The third kappa shape index (κ3) is 3.23. The van der Waals surface area contributed by atoms with Crippen LogP contribution >= 0.6 is 15.9 Å². The van der Waals surface area contributed by atoms with Gasteiger partial charge in [0.25, 0.3) is 0 Å². The van der Waals surface area contributed by atoms with Crippen molar-refractivity contribution in [3.05, 3.63) is 56.6 Å². The van der Waals surface area contributed by atoms with E-state index in [0.717, 1.165) is 0 Å². The molecule has 9 nitrogen and oxygen atoms in total. The molecule has 1 heterocycles. The van der Waals surface area contributed by atoms with Crippen LogP contribution in [0.5, 0.6) is 11.5 Å². The zero-order chi connectivity index (χ0) is 25.3. The number of methoxy groups -OCH3 is 1. The number of phenols is 1. The molecule has 0 radical (unpaired) electrons. The number of nitrogens with zero attached hydrogens (tertiary/aromatic N) is 1. The molecule has 0 bridgehead atoms. The first kappa shape index (κ1) is 23.2. The van der Waals surface area contributed by atoms with Crippen LogP contribution in [0, 0.1) is 17.8 Å². The predicted octanol–water partition coefficient (Wildman–Crippen LogP) is 2.67. The molecule has 0 aromatic heterocycles. The molecule has 3 aliphatic carbocycles. The van der Waals surface area contributed by atoms with Crippen molar-refractivity contribution in [1.29, 1.82) is 0 Å². The fourth-order valence-electron chi connectivity index (χ4n) is 5.89. The summed E-state index contributed by atoms with van der Waals surface area (Å²) in [5.41, 5.74) is 7.51. The number of Topliss-reactive ketones (excluding diaryl/α,β-unsaturated/α-hetero) is 1. The Bertz CT molecular complexity index is 1360. The van der Waals surface area contributed by atoms with Gasteiger partial charge in [-0.1, -0.05) is 11.6 Å². The maximum absolute atomic E-state index is 13.2. The summed E-state index contributed by atoms with van der Waals surface area (Å²) >= 11 is 3.32. The Morgan fingerprint density at radius 3 is 2.54 bits per heavy atom. The number of ether oxygens (including phenoxy) is 1. The Labute approximate surface area is 208 Å². The van der Waals surface area contributed by atoms with E-state index in [4.69, 9.17) is 10.5 Å². The van der Waals surface area contributed by atoms with E-state index >= 15 is 0 Å². The van der Waals surface area contributed by atoms with E-state index in [1.165, 1.54) is 13.2 Å². The van der Waals surface area contributed by atoms with Crippen molar-refractivity contribution < 1.29 is 33.8 Å². The number of fused-ring (bicyclic) bond motifs is 3. The molecule has 1 aromatic rings. The van der Waals surface area contributed by atoms with Crippen LogP contribution in [-0.4, -0.2) is 46.5 Å². The van der Waals surface area contributed by atoms with Gasteiger partial charge in [-0.25, -0.2) is 4.79 Å². The standard InChI is InChI=1S/C25H21BrN2O7/c1-9-5-16(29)20-14(21(9)30)8-13-11(18(20)10-6-15(26)22(31)17(7-10)35-2)3-4-12-19(13)24(33)28(23(12)32)25(27)34/h3,5-7,12-13,18-19,31H,4,8H2,1-2H3,(H2,27,34). The highest BCUT2D eigenvalue weighted by Crippen LogP contribution is 2.56. The fourth-order valence-corrected chi connectivity index (χ4v) is 6.35. The van der Waals surface area contributed by atoms with Gasteiger partial charge in [0.15, 0.2) is 23.1 Å². The minimum Gasteiger partial charge on any atom is -0.503 e. The number of ketones is 2. The van der Waals surface area contributed by atoms with Crippen LogP contribution in [0.4, 0.5) is 4.79 Å². The molecule has 4 amide bonds. The van der Waals surface area contributed by atoms with Crippen molar-refractivity contribution >= 4 is 45.3 Å². The molecule has 3 N–H and O–H groups in total. The minimum atomic E-state index is -1.13. The van der Waals surface area contributed by atoms with E-state index in [1.54, 1.807) is 19.1 Å². The highest BCUT2D eigenvalue weighted by atomic mass is 79.9. The number of amides is 4. The Kier molecular flexibility index (Phi) is 5.32. The van der Waals surface area contributed by atoms with Gasteiger partial charge in [0, 0.05) is 22.6 Å². The molecule has 0 spiro atoms. The number of primary amides is 1. The number of aromatic hydroxyl groups is 1. The molecule has 1 fully saturated rings. The van der Waals surface area contributed by atoms with Crippen LogP contribution in [0.1, 0.15) is 31.2 Å². The Balaban J connectivity index is 1.73. The predicted molar refractivity (Wildman–Crippen MR) is 125 cm³/mol. The van der Waals surface area contributed by atoms with Gasteiger partial charge in [-0.3, -0.25) is 19.2 Å². The number of likely N-dealkylation sites (tertiary alicyclic amines) is 1. The van der Waals surface area contributed by atoms with Gasteiger partial charge < -0.3 is 15.6 Å². The third-order valence-electron chi connectivity index (χ3n) is 7.39. The number of allylic oxidation sites excluding steroid dienone is 6. The van der Waals surface area contributed by atoms with Gasteiger partial charge in [-0.05, 0) is 65.4 Å². The first-order valence-corrected chi connectivity index (χ1v) is 11.8. The molecule has 4 atom stereocenters. The van der Waals surface area contributed by atoms with E-state index < -0.39 is 41.5 Å². The van der Waals surface area contributed by atoms with Gasteiger partial charge in [0.1, 0.15) is 0 Å². The monoisotopic (exact) mass is 540 g/mol. The van der Waals surface area contributed by atoms with E-state index in [9.17, 15) is 29.1 Å². The summed E-state index contributed by atoms with van der Waals surface area (Å²) in [5.74, 6) is -4.80. The highest BCUT2D eigenvalue weighted by molar-refractivity contribution is 9.10. The van der Waals surface area contributed by atoms with Crippen molar-refractivity contribution in [3.8, 4) is 11.5 Å². The quantitative estimate of drug-likeness (QED) is 0.333. The number of urea groups is 1. The van der Waals surface area contributed by atoms with Gasteiger partial charge >= 0.3 is 6.03 Å². The summed E-state index contributed by atoms with van der Waals surface area (Å²) in [6.07, 6.45) is 3.42. The first-order chi connectivity index (χ1) is 16.6. The second kappa shape index (κ2) is 8.01. The lowest BCUT2D eigenvalue weighted by atomic mass is 9.59. The van der Waals surface area contributed by atoms with Crippen molar-refractivity contribution in [2.24, 2.45) is 23.5 Å². The number of hydrogen-bond acceptors (Lipinski definition) is 7. The van der Waals surface area contributed by atoms with Gasteiger partial charge in [0.2, 0.25) is 11.8 Å². The van der Waals surface area contributed by atoms with E-state index in [0.29, 0.717) is 37.2 Å². The summed E-state index contributed by atoms with van der Waals surface area (Å²) in [7, 11) is 1.40. The molecular weight excluding hydrogens is 520 g/mol. The normalized spacial score (nSPS) is 27.8. The lowest BCUT2D eigenvalue weighted by molar-refractivity contribution is -0.136. The molecule has 4 aliphatic rings. The summed E-state index contributed by atoms with van der Waals surface area (Å²) in [5, 5.41) is 10.3. The number of carbonyl (C=O) groups excluding carboxylic acids is 5. The third-order valence-corrected chi connectivity index (χ3v) is 7.99. The molecule has 0 saturated carbocycles. The van der Waals surface area contributed by atoms with Crippen LogP contribution in [0.15, 0.2) is 51.0 Å². The second-order valence-corrected chi connectivity index (χ2v) is 9.99. The highest BCUT2D eigenvalue weighted by Gasteiger charge is 2.57. The average molecular weight is 541 g/mol. The maximum Gasteiger partial charge on any atom is 0.328 e. The molecule has 10 heteroatoms. The molecule has 5 rings (SSSR count). The molecule has 4 unspecified atom stereocenters. The second-order valence-electron chi connectivity index (χ2n) is 9.13. The summed E-state index contributed by atoms with van der Waals surface area (Å²) in [4.78, 5) is 64.8. The number of phenolic OH excluding ortho intramolecular Hbond substituents is 1. The number of nitrogens with two attached hydrogens (primary N) is 1. The molecule has 1 aliphatic heterocycles. The minimum absolute atomic E-state index is 0.0938. The van der Waals surface area contributed by atoms with Gasteiger partial charge in [-0.2, -0.15) is 4.90 Å². The van der Waals surface area contributed by atoms with E-state index in [1.807, 2.05) is 6.08 Å². The lowest BCUT2D eigenvalue weighted by Crippen LogP contribution is -2.42. The molecule has 35 heavy (non-hydrogen) atoms. The fraction of sp³-hybridized carbons (Fsp3) is 0.320. The van der Waals surface area contributed by atoms with E-state index in [2.05, 4.69) is 15.9 Å². The number of benzene rings is 1. The van der Waals surface area contributed by atoms with Crippen LogP contribution in [0.3, 0.4) is 0 Å². The van der Waals surface area contributed by atoms with Gasteiger partial charge in [-0.15, -0.1) is 0 Å². The number of imide groups is 3. The Morgan fingerprint density at radius 1 is 1.17 bits per heavy atom. The first-order valence-electron chi connectivity index (χ1n) is 11.0. The zero-order valence-corrected chi connectivity index (χ0v) is 20.4. The van der Waals surface area contributed by atoms with Crippen LogP contribution in [0.25, 0.3) is 0 Å². The smallest absolute Gasteiger partial charge is 0.328 e. The van der Waals surface area contributed by atoms with Crippen molar-refractivity contribution in [2.75, 3.05) is 7.11 Å². The molecule has 1 saturated heterocycles. The number of hydrogen-bond donors (Lipinski definition) is 2. The summed E-state index contributed by atoms with van der Waals surface area (Å²) in [6, 6.07) is 2.10. The topological polar surface area (TPSA) is 144 Å². The van der Waals surface area contributed by atoms with Crippen LogP contribution in [0.2, 0.25) is 0 Å². The maximum atomic E-state index is 13.2. The zero-order valence-electron chi connectivity index (χ0n) is 18.8. The Morgan fingerprint density at radius 2 is 1.89 bits per heavy atom. The summed E-state index contributed by atoms with van der Waals surface area (Å²) < 4.78 is 5.63. The SMILES string of the molecule is COc1cc(C2C3=CCC4C(=O)N(C(N)=O)C(=O)C4C3CC3=C2C(=O)C=C(C)C3=O)cc(Br)c1O. The van der Waals surface area contributed by atoms with Crippen molar-refractivity contribution in [2.45, 2.75) is 25.7 Å². The molecule has 180 valence electrons. The van der Waals surface area contributed by atoms with Gasteiger partial charge in [0.05, 0.1) is 23.4 Å². The van der Waals surface area contributed by atoms with Crippen molar-refractivity contribution in [3.63, 3.8) is 0 Å². The summed E-state index contributed by atoms with van der Waals surface area (Å²) in [6.45, 7) is 1.56. The Hall–Kier alpha value is -3.53. The molecular formula is C25H21BrN2O7. The van der Waals surface area contributed by atoms with Crippen molar-refractivity contribution in [1.82, 2.24) is 4.90 Å². The van der Waals surface area contributed by atoms with Crippen LogP contribution < -0.4 is 10.5 Å². The van der Waals surface area contributed by atoms with Crippen LogP contribution in [-0.2, 0) is 19.2 Å². The lowest BCUT2D eigenvalue weighted by Gasteiger charge is -2.42. The average Bonchev–Trinajstić information content (AvgIpc) is 3.08. The largest absolute Gasteiger partial charge is 0.503 e. The number of carbonyl (C=O) groups is 5. The number of rotatable bonds is 2. The van der Waals surface area contributed by atoms with E-state index in [-0.39, 0.29) is 35.9 Å².